The van der Waals surface area contributed by atoms with E-state index in [0.717, 1.165) is 10.8 Å². The lowest BCUT2D eigenvalue weighted by Gasteiger charge is -2.06. The van der Waals surface area contributed by atoms with Crippen LogP contribution in [0.3, 0.4) is 0 Å². The summed E-state index contributed by atoms with van der Waals surface area (Å²) < 4.78 is 0. The van der Waals surface area contributed by atoms with Crippen LogP contribution in [0.15, 0.2) is 36.4 Å². The number of nitrogens with zero attached hydrogens (tertiary/aromatic N) is 2. The van der Waals surface area contributed by atoms with Crippen LogP contribution in [0.25, 0.3) is 21.7 Å². The van der Waals surface area contributed by atoms with Crippen LogP contribution in [-0.2, 0) is 0 Å². The van der Waals surface area contributed by atoms with Crippen LogP contribution in [-0.4, -0.2) is 21.3 Å². The smallest absolute Gasteiger partial charge is 0.356 e. The fourth-order valence-electron chi connectivity index (χ4n) is 2.02. The average molecular weight is 239 g/mol. The van der Waals surface area contributed by atoms with Gasteiger partial charge in [0.2, 0.25) is 0 Å². The number of carboxylic acid groups (broad SMARTS) is 1. The molecule has 3 aromatic rings. The average Bonchev–Trinajstić information content (AvgIpc) is 2.38. The highest BCUT2D eigenvalue weighted by atomic mass is 16.4. The molecule has 88 valence electrons. The summed E-state index contributed by atoms with van der Waals surface area (Å²) in [6.45, 7) is 0. The van der Waals surface area contributed by atoms with E-state index >= 15 is 0 Å². The van der Waals surface area contributed by atoms with Gasteiger partial charge in [-0.15, -0.1) is 10.2 Å². The second kappa shape index (κ2) is 3.66. The van der Waals surface area contributed by atoms with Crippen LogP contribution in [0.2, 0.25) is 0 Å². The Morgan fingerprint density at radius 2 is 1.83 bits per heavy atom. The summed E-state index contributed by atoms with van der Waals surface area (Å²) in [5.74, 6) is -1.10. The Morgan fingerprint density at radius 1 is 1.11 bits per heavy atom. The Hall–Kier alpha value is -2.69. The fraction of sp³-hybridized carbons (Fsp3) is 0. The van der Waals surface area contributed by atoms with Gasteiger partial charge in [-0.2, -0.15) is 0 Å². The van der Waals surface area contributed by atoms with Crippen molar-refractivity contribution >= 4 is 33.3 Å². The molecule has 2 aromatic carbocycles. The van der Waals surface area contributed by atoms with Gasteiger partial charge in [0.05, 0.1) is 0 Å². The number of aromatic carboxylic acids is 1. The van der Waals surface area contributed by atoms with Crippen LogP contribution in [0.4, 0.5) is 5.69 Å². The highest BCUT2D eigenvalue weighted by molar-refractivity contribution is 6.11. The topological polar surface area (TPSA) is 89.1 Å². The lowest BCUT2D eigenvalue weighted by Crippen LogP contribution is -2.02. The standard InChI is InChI=1S/C13H9N3O2/c14-10-5-7-6-11(13(17)18)15-16-12(7)9-4-2-1-3-8(9)10/h1-6H,14H2,(H,17,18). The number of rotatable bonds is 1. The van der Waals surface area contributed by atoms with Gasteiger partial charge in [-0.1, -0.05) is 24.3 Å². The Kier molecular flexibility index (Phi) is 2.13. The maximum atomic E-state index is 10.9. The first kappa shape index (κ1) is 10.5. The second-order valence-corrected chi connectivity index (χ2v) is 3.98. The molecule has 1 aromatic heterocycles. The molecule has 0 saturated heterocycles. The molecule has 0 aliphatic heterocycles. The van der Waals surface area contributed by atoms with Crippen molar-refractivity contribution in [3.8, 4) is 0 Å². The molecule has 0 unspecified atom stereocenters. The summed E-state index contributed by atoms with van der Waals surface area (Å²) in [7, 11) is 0. The first-order valence-electron chi connectivity index (χ1n) is 5.35. The van der Waals surface area contributed by atoms with E-state index < -0.39 is 5.97 Å². The zero-order valence-electron chi connectivity index (χ0n) is 9.29. The van der Waals surface area contributed by atoms with Crippen molar-refractivity contribution in [2.45, 2.75) is 0 Å². The highest BCUT2D eigenvalue weighted by Gasteiger charge is 2.10. The molecule has 0 aliphatic rings. The molecule has 18 heavy (non-hydrogen) atoms. The van der Waals surface area contributed by atoms with E-state index in [1.165, 1.54) is 6.07 Å². The highest BCUT2D eigenvalue weighted by Crippen LogP contribution is 2.28. The SMILES string of the molecule is Nc1cc2cc(C(=O)O)nnc2c2ccccc12. The van der Waals surface area contributed by atoms with E-state index in [9.17, 15) is 4.79 Å². The van der Waals surface area contributed by atoms with Gasteiger partial charge in [-0.3, -0.25) is 0 Å². The summed E-state index contributed by atoms with van der Waals surface area (Å²) >= 11 is 0. The van der Waals surface area contributed by atoms with Gasteiger partial charge in [0.1, 0.15) is 5.52 Å². The molecule has 0 spiro atoms. The molecule has 3 N–H and O–H groups in total. The molecule has 0 fully saturated rings. The van der Waals surface area contributed by atoms with Gasteiger partial charge in [-0.25, -0.2) is 4.79 Å². The lowest BCUT2D eigenvalue weighted by molar-refractivity contribution is 0.0689. The number of hydrogen-bond donors (Lipinski definition) is 2. The van der Waals surface area contributed by atoms with Crippen molar-refractivity contribution in [2.24, 2.45) is 0 Å². The maximum absolute atomic E-state index is 10.9. The number of nitrogen functional groups attached to an aromatic ring is 1. The van der Waals surface area contributed by atoms with E-state index in [0.29, 0.717) is 16.6 Å². The molecule has 3 rings (SSSR count). The van der Waals surface area contributed by atoms with Gasteiger partial charge >= 0.3 is 5.97 Å². The zero-order valence-corrected chi connectivity index (χ0v) is 9.29. The Balaban J connectivity index is 2.46. The predicted molar refractivity (Wildman–Crippen MR) is 68.4 cm³/mol. The van der Waals surface area contributed by atoms with Crippen LogP contribution in [0.1, 0.15) is 10.5 Å². The third-order valence-electron chi connectivity index (χ3n) is 2.85. The monoisotopic (exact) mass is 239 g/mol. The Labute approximate surface area is 102 Å². The van der Waals surface area contributed by atoms with Gasteiger partial charge in [0.15, 0.2) is 5.69 Å². The van der Waals surface area contributed by atoms with Crippen molar-refractivity contribution in [3.63, 3.8) is 0 Å². The molecule has 1 heterocycles. The number of anilines is 1. The normalized spacial score (nSPS) is 10.9. The van der Waals surface area contributed by atoms with E-state index in [-0.39, 0.29) is 5.69 Å². The minimum absolute atomic E-state index is 0.0859. The third-order valence-corrected chi connectivity index (χ3v) is 2.85. The lowest BCUT2D eigenvalue weighted by atomic mass is 10.0. The van der Waals surface area contributed by atoms with Crippen LogP contribution >= 0.6 is 0 Å². The number of hydrogen-bond acceptors (Lipinski definition) is 4. The maximum Gasteiger partial charge on any atom is 0.356 e. The molecule has 5 nitrogen and oxygen atoms in total. The van der Waals surface area contributed by atoms with Crippen LogP contribution in [0.5, 0.6) is 0 Å². The first-order valence-corrected chi connectivity index (χ1v) is 5.35. The molecule has 0 saturated carbocycles. The minimum atomic E-state index is -1.10. The van der Waals surface area contributed by atoms with Gasteiger partial charge in [0, 0.05) is 21.8 Å². The number of aromatic nitrogens is 2. The molecule has 0 amide bonds. The fourth-order valence-corrected chi connectivity index (χ4v) is 2.02. The molecule has 0 atom stereocenters. The number of carbonyl (C=O) groups is 1. The van der Waals surface area contributed by atoms with Gasteiger partial charge in [0.25, 0.3) is 0 Å². The van der Waals surface area contributed by atoms with E-state index in [2.05, 4.69) is 10.2 Å². The number of fused-ring (bicyclic) bond motifs is 3. The van der Waals surface area contributed by atoms with E-state index in [4.69, 9.17) is 10.8 Å². The zero-order chi connectivity index (χ0) is 12.7. The van der Waals surface area contributed by atoms with Gasteiger partial charge < -0.3 is 10.8 Å². The summed E-state index contributed by atoms with van der Waals surface area (Å²) in [6.07, 6.45) is 0. The van der Waals surface area contributed by atoms with Crippen molar-refractivity contribution < 1.29 is 9.90 Å². The van der Waals surface area contributed by atoms with E-state index in [1.54, 1.807) is 6.07 Å². The number of carboxylic acids is 1. The van der Waals surface area contributed by atoms with Crippen molar-refractivity contribution in [2.75, 3.05) is 5.73 Å². The van der Waals surface area contributed by atoms with Crippen molar-refractivity contribution in [3.05, 3.63) is 42.1 Å². The predicted octanol–water partition coefficient (Wildman–Crippen LogP) is 2.06. The molecule has 5 heteroatoms. The second-order valence-electron chi connectivity index (χ2n) is 3.98. The number of nitrogens with two attached hydrogens (primary N) is 1. The van der Waals surface area contributed by atoms with Crippen molar-refractivity contribution in [1.29, 1.82) is 0 Å². The molecule has 0 aliphatic carbocycles. The Morgan fingerprint density at radius 3 is 2.56 bits per heavy atom. The summed E-state index contributed by atoms with van der Waals surface area (Å²) in [5, 5.41) is 19.0. The molecule has 0 bridgehead atoms. The minimum Gasteiger partial charge on any atom is -0.476 e. The molecular formula is C13H9N3O2. The summed E-state index contributed by atoms with van der Waals surface area (Å²) in [5.41, 5.74) is 7.12. The van der Waals surface area contributed by atoms with Crippen molar-refractivity contribution in [1.82, 2.24) is 10.2 Å². The van der Waals surface area contributed by atoms with Crippen LogP contribution < -0.4 is 5.73 Å². The molecule has 0 radical (unpaired) electrons. The summed E-state index contributed by atoms with van der Waals surface area (Å²) in [4.78, 5) is 10.9. The Bertz CT molecular complexity index is 784. The summed E-state index contributed by atoms with van der Waals surface area (Å²) in [6, 6.07) is 10.8. The van der Waals surface area contributed by atoms with Crippen LogP contribution in [0, 0.1) is 0 Å². The number of benzene rings is 2. The quantitative estimate of drug-likeness (QED) is 0.501. The van der Waals surface area contributed by atoms with E-state index in [1.807, 2.05) is 24.3 Å². The third kappa shape index (κ3) is 1.45. The first-order chi connectivity index (χ1) is 8.66. The molecular weight excluding hydrogens is 230 g/mol. The van der Waals surface area contributed by atoms with Gasteiger partial charge in [-0.05, 0) is 12.1 Å². The largest absolute Gasteiger partial charge is 0.476 e.